The molecule has 5 heteroatoms. The van der Waals surface area contributed by atoms with Crippen LogP contribution in [0.3, 0.4) is 0 Å². The molecule has 2 rings (SSSR count). The Labute approximate surface area is 99.0 Å². The molecule has 0 fully saturated rings. The first kappa shape index (κ1) is 11.4. The number of hydrogen-bond acceptors (Lipinski definition) is 4. The molecule has 0 bridgehead atoms. The number of hydrogen-bond donors (Lipinski definition) is 1. The van der Waals surface area contributed by atoms with Crippen LogP contribution in [0.25, 0.3) is 11.3 Å². The Hall–Kier alpha value is -2.04. The van der Waals surface area contributed by atoms with Crippen molar-refractivity contribution in [1.29, 1.82) is 0 Å². The van der Waals surface area contributed by atoms with Crippen molar-refractivity contribution in [3.63, 3.8) is 0 Å². The Morgan fingerprint density at radius 2 is 2.12 bits per heavy atom. The maximum absolute atomic E-state index is 13.0. The van der Waals surface area contributed by atoms with Crippen molar-refractivity contribution < 1.29 is 4.39 Å². The number of halogens is 1. The summed E-state index contributed by atoms with van der Waals surface area (Å²) in [5.74, 6) is 0.366. The largest absolute Gasteiger partial charge is 0.370 e. The molecule has 2 aromatic rings. The fourth-order valence-corrected chi connectivity index (χ4v) is 1.42. The van der Waals surface area contributed by atoms with Crippen LogP contribution in [0.15, 0.2) is 30.9 Å². The van der Waals surface area contributed by atoms with E-state index < -0.39 is 0 Å². The SMILES string of the molecule is CCCNc1cc(-c2cncc(F)c2)ncn1. The maximum Gasteiger partial charge on any atom is 0.142 e. The van der Waals surface area contributed by atoms with E-state index in [1.165, 1.54) is 18.6 Å². The van der Waals surface area contributed by atoms with E-state index in [-0.39, 0.29) is 5.82 Å². The maximum atomic E-state index is 13.0. The standard InChI is InChI=1S/C12H13FN4/c1-2-3-15-12-5-11(16-8-17-12)9-4-10(13)7-14-6-9/h4-8H,2-3H2,1H3,(H,15,16,17). The number of nitrogens with one attached hydrogen (secondary N) is 1. The average Bonchev–Trinajstić information content (AvgIpc) is 2.37. The molecule has 0 unspecified atom stereocenters. The fraction of sp³-hybridized carbons (Fsp3) is 0.250. The lowest BCUT2D eigenvalue weighted by Crippen LogP contribution is -2.02. The van der Waals surface area contributed by atoms with Gasteiger partial charge in [0.05, 0.1) is 11.9 Å². The molecular formula is C12H13FN4. The van der Waals surface area contributed by atoms with Crippen LogP contribution in [0.2, 0.25) is 0 Å². The number of rotatable bonds is 4. The summed E-state index contributed by atoms with van der Waals surface area (Å²) in [6.45, 7) is 2.92. The van der Waals surface area contributed by atoms with Crippen molar-refractivity contribution in [3.8, 4) is 11.3 Å². The Kier molecular flexibility index (Phi) is 3.59. The zero-order valence-corrected chi connectivity index (χ0v) is 9.52. The van der Waals surface area contributed by atoms with E-state index in [0.717, 1.165) is 18.8 Å². The molecule has 0 saturated carbocycles. The quantitative estimate of drug-likeness (QED) is 0.879. The molecule has 1 N–H and O–H groups in total. The molecule has 0 spiro atoms. The Morgan fingerprint density at radius 1 is 1.24 bits per heavy atom. The van der Waals surface area contributed by atoms with Crippen LogP contribution in [-0.2, 0) is 0 Å². The summed E-state index contributed by atoms with van der Waals surface area (Å²) in [6.07, 6.45) is 5.22. The van der Waals surface area contributed by atoms with E-state index >= 15 is 0 Å². The van der Waals surface area contributed by atoms with Crippen molar-refractivity contribution in [1.82, 2.24) is 15.0 Å². The number of anilines is 1. The molecule has 0 amide bonds. The highest BCUT2D eigenvalue weighted by molar-refractivity contribution is 5.60. The third-order valence-electron chi connectivity index (χ3n) is 2.22. The lowest BCUT2D eigenvalue weighted by Gasteiger charge is -2.05. The first-order valence-electron chi connectivity index (χ1n) is 5.46. The smallest absolute Gasteiger partial charge is 0.142 e. The Balaban J connectivity index is 2.26. The van der Waals surface area contributed by atoms with Crippen molar-refractivity contribution in [2.45, 2.75) is 13.3 Å². The summed E-state index contributed by atoms with van der Waals surface area (Å²) in [7, 11) is 0. The molecule has 2 aromatic heterocycles. The van der Waals surface area contributed by atoms with E-state index in [1.54, 1.807) is 12.3 Å². The lowest BCUT2D eigenvalue weighted by molar-refractivity contribution is 0.622. The van der Waals surface area contributed by atoms with Crippen LogP contribution in [0, 0.1) is 5.82 Å². The van der Waals surface area contributed by atoms with Gasteiger partial charge in [-0.25, -0.2) is 14.4 Å². The summed E-state index contributed by atoms with van der Waals surface area (Å²) in [5.41, 5.74) is 1.30. The Morgan fingerprint density at radius 3 is 2.88 bits per heavy atom. The Bertz CT molecular complexity index is 501. The second-order valence-corrected chi connectivity index (χ2v) is 3.61. The molecule has 0 aliphatic carbocycles. The molecule has 88 valence electrons. The van der Waals surface area contributed by atoms with Crippen LogP contribution in [0.1, 0.15) is 13.3 Å². The monoisotopic (exact) mass is 232 g/mol. The average molecular weight is 232 g/mol. The van der Waals surface area contributed by atoms with Gasteiger partial charge >= 0.3 is 0 Å². The van der Waals surface area contributed by atoms with Gasteiger partial charge in [-0.15, -0.1) is 0 Å². The van der Waals surface area contributed by atoms with E-state index in [0.29, 0.717) is 11.3 Å². The summed E-state index contributed by atoms with van der Waals surface area (Å²) in [4.78, 5) is 12.0. The van der Waals surface area contributed by atoms with Gasteiger partial charge in [-0.3, -0.25) is 4.98 Å². The third-order valence-corrected chi connectivity index (χ3v) is 2.22. The van der Waals surface area contributed by atoms with Gasteiger partial charge in [-0.05, 0) is 12.5 Å². The predicted octanol–water partition coefficient (Wildman–Crippen LogP) is 2.50. The number of aromatic nitrogens is 3. The zero-order valence-electron chi connectivity index (χ0n) is 9.52. The highest BCUT2D eigenvalue weighted by atomic mass is 19.1. The topological polar surface area (TPSA) is 50.7 Å². The van der Waals surface area contributed by atoms with Gasteiger partial charge in [0, 0.05) is 24.4 Å². The van der Waals surface area contributed by atoms with Gasteiger partial charge in [0.15, 0.2) is 0 Å². The molecule has 0 saturated heterocycles. The molecule has 0 radical (unpaired) electrons. The molecule has 0 aliphatic heterocycles. The van der Waals surface area contributed by atoms with Gasteiger partial charge in [0.1, 0.15) is 18.0 Å². The van der Waals surface area contributed by atoms with Crippen LogP contribution in [0.5, 0.6) is 0 Å². The van der Waals surface area contributed by atoms with Crippen LogP contribution >= 0.6 is 0 Å². The minimum absolute atomic E-state index is 0.371. The first-order valence-corrected chi connectivity index (χ1v) is 5.46. The molecule has 0 atom stereocenters. The van der Waals surface area contributed by atoms with Gasteiger partial charge in [0.25, 0.3) is 0 Å². The van der Waals surface area contributed by atoms with Gasteiger partial charge in [0.2, 0.25) is 0 Å². The van der Waals surface area contributed by atoms with Crippen molar-refractivity contribution in [2.75, 3.05) is 11.9 Å². The van der Waals surface area contributed by atoms with Gasteiger partial charge in [-0.1, -0.05) is 6.92 Å². The second kappa shape index (κ2) is 5.34. The first-order chi connectivity index (χ1) is 8.29. The minimum atomic E-state index is -0.371. The van der Waals surface area contributed by atoms with Crippen molar-refractivity contribution >= 4 is 5.82 Å². The second-order valence-electron chi connectivity index (χ2n) is 3.61. The molecule has 0 aromatic carbocycles. The summed E-state index contributed by atoms with van der Waals surface area (Å²) in [5, 5.41) is 3.15. The summed E-state index contributed by atoms with van der Waals surface area (Å²) in [6, 6.07) is 3.19. The number of nitrogens with zero attached hydrogens (tertiary/aromatic N) is 3. The van der Waals surface area contributed by atoms with Gasteiger partial charge < -0.3 is 5.32 Å². The number of pyridine rings is 1. The van der Waals surface area contributed by atoms with E-state index in [4.69, 9.17) is 0 Å². The van der Waals surface area contributed by atoms with Crippen LogP contribution < -0.4 is 5.32 Å². The van der Waals surface area contributed by atoms with Crippen molar-refractivity contribution in [2.24, 2.45) is 0 Å². The van der Waals surface area contributed by atoms with Crippen molar-refractivity contribution in [3.05, 3.63) is 36.7 Å². The molecule has 2 heterocycles. The molecular weight excluding hydrogens is 219 g/mol. The minimum Gasteiger partial charge on any atom is -0.370 e. The molecule has 4 nitrogen and oxygen atoms in total. The van der Waals surface area contributed by atoms with E-state index in [9.17, 15) is 4.39 Å². The molecule has 17 heavy (non-hydrogen) atoms. The fourth-order valence-electron chi connectivity index (χ4n) is 1.42. The molecule has 0 aliphatic rings. The summed E-state index contributed by atoms with van der Waals surface area (Å²) < 4.78 is 13.0. The van der Waals surface area contributed by atoms with Gasteiger partial charge in [-0.2, -0.15) is 0 Å². The van der Waals surface area contributed by atoms with E-state index in [1.807, 2.05) is 0 Å². The normalized spacial score (nSPS) is 10.2. The highest BCUT2D eigenvalue weighted by Gasteiger charge is 2.03. The van der Waals surface area contributed by atoms with Crippen LogP contribution in [0.4, 0.5) is 10.2 Å². The van der Waals surface area contributed by atoms with E-state index in [2.05, 4.69) is 27.2 Å². The lowest BCUT2D eigenvalue weighted by atomic mass is 10.2. The third kappa shape index (κ3) is 2.96. The van der Waals surface area contributed by atoms with Crippen LogP contribution in [-0.4, -0.2) is 21.5 Å². The predicted molar refractivity (Wildman–Crippen MR) is 64.0 cm³/mol. The zero-order chi connectivity index (χ0) is 12.1. The highest BCUT2D eigenvalue weighted by Crippen LogP contribution is 2.18. The summed E-state index contributed by atoms with van der Waals surface area (Å²) >= 11 is 0.